The van der Waals surface area contributed by atoms with Gasteiger partial charge in [0.15, 0.2) is 0 Å². The Morgan fingerprint density at radius 1 is 1.50 bits per heavy atom. The fraction of sp³-hybridized carbons (Fsp3) is 0.714. The molecule has 2 heterocycles. The van der Waals surface area contributed by atoms with Crippen LogP contribution in [0.4, 0.5) is 0 Å². The average molecular weight is 331 g/mol. The minimum atomic E-state index is 0.571. The molecule has 0 amide bonds. The number of hydrogen-bond acceptors (Lipinski definition) is 3. The molecule has 2 nitrogen and oxygen atoms in total. The van der Waals surface area contributed by atoms with Gasteiger partial charge in [0.25, 0.3) is 0 Å². The zero-order chi connectivity index (χ0) is 13.0. The highest BCUT2D eigenvalue weighted by atomic mass is 79.9. The van der Waals surface area contributed by atoms with Gasteiger partial charge in [0.05, 0.1) is 0 Å². The van der Waals surface area contributed by atoms with Crippen LogP contribution in [0, 0.1) is 5.92 Å². The van der Waals surface area contributed by atoms with Crippen LogP contribution >= 0.6 is 27.3 Å². The number of piperidine rings is 1. The van der Waals surface area contributed by atoms with Crippen molar-refractivity contribution in [1.82, 2.24) is 10.2 Å². The predicted octanol–water partition coefficient (Wildman–Crippen LogP) is 3.89. The van der Waals surface area contributed by atoms with Crippen molar-refractivity contribution < 1.29 is 0 Å². The van der Waals surface area contributed by atoms with Gasteiger partial charge >= 0.3 is 0 Å². The van der Waals surface area contributed by atoms with E-state index >= 15 is 0 Å². The first-order valence-electron chi connectivity index (χ1n) is 6.89. The highest BCUT2D eigenvalue weighted by Gasteiger charge is 2.23. The molecule has 1 atom stereocenters. The fourth-order valence-corrected chi connectivity index (χ4v) is 4.16. The molecule has 2 rings (SSSR count). The Balaban J connectivity index is 1.82. The summed E-state index contributed by atoms with van der Waals surface area (Å²) in [5, 5.41) is 5.66. The van der Waals surface area contributed by atoms with E-state index < -0.39 is 0 Å². The van der Waals surface area contributed by atoms with Gasteiger partial charge in [-0.1, -0.05) is 6.92 Å². The Kier molecular flexibility index (Phi) is 5.67. The zero-order valence-electron chi connectivity index (χ0n) is 11.3. The van der Waals surface area contributed by atoms with Crippen molar-refractivity contribution in [1.29, 1.82) is 0 Å². The van der Waals surface area contributed by atoms with Crippen molar-refractivity contribution in [3.05, 3.63) is 20.8 Å². The van der Waals surface area contributed by atoms with E-state index in [4.69, 9.17) is 0 Å². The first-order valence-corrected chi connectivity index (χ1v) is 8.56. The molecule has 18 heavy (non-hydrogen) atoms. The zero-order valence-corrected chi connectivity index (χ0v) is 13.7. The molecule has 1 aromatic heterocycles. The Labute approximate surface area is 123 Å². The van der Waals surface area contributed by atoms with Gasteiger partial charge in [-0.3, -0.25) is 4.90 Å². The Hall–Kier alpha value is 0.1000. The summed E-state index contributed by atoms with van der Waals surface area (Å²) in [7, 11) is 0. The lowest BCUT2D eigenvalue weighted by Gasteiger charge is -2.35. The third kappa shape index (κ3) is 3.80. The second-order valence-corrected chi connectivity index (χ2v) is 6.99. The van der Waals surface area contributed by atoms with E-state index in [1.54, 1.807) is 0 Å². The Morgan fingerprint density at radius 3 is 2.78 bits per heavy atom. The van der Waals surface area contributed by atoms with E-state index in [0.29, 0.717) is 6.04 Å². The number of likely N-dealkylation sites (tertiary alicyclic amines) is 1. The van der Waals surface area contributed by atoms with Crippen LogP contribution in [0.1, 0.15) is 37.6 Å². The van der Waals surface area contributed by atoms with E-state index in [0.717, 1.165) is 12.5 Å². The molecule has 0 aromatic carbocycles. The maximum absolute atomic E-state index is 3.55. The predicted molar refractivity (Wildman–Crippen MR) is 83.3 cm³/mol. The highest BCUT2D eigenvalue weighted by molar-refractivity contribution is 9.10. The summed E-state index contributed by atoms with van der Waals surface area (Å²) in [6.45, 7) is 9.30. The monoisotopic (exact) mass is 330 g/mol. The van der Waals surface area contributed by atoms with E-state index in [2.05, 4.69) is 51.4 Å². The van der Waals surface area contributed by atoms with E-state index in [9.17, 15) is 0 Å². The van der Waals surface area contributed by atoms with Crippen LogP contribution in [0.2, 0.25) is 0 Å². The molecule has 1 aliphatic rings. The molecule has 0 aliphatic carbocycles. The van der Waals surface area contributed by atoms with E-state index in [-0.39, 0.29) is 0 Å². The molecule has 1 fully saturated rings. The molecule has 0 bridgehead atoms. The van der Waals surface area contributed by atoms with E-state index in [1.807, 2.05) is 11.3 Å². The van der Waals surface area contributed by atoms with Gasteiger partial charge < -0.3 is 5.32 Å². The van der Waals surface area contributed by atoms with Gasteiger partial charge in [0.1, 0.15) is 0 Å². The minimum absolute atomic E-state index is 0.571. The first-order chi connectivity index (χ1) is 8.70. The van der Waals surface area contributed by atoms with Crippen molar-refractivity contribution in [2.45, 2.75) is 32.7 Å². The average Bonchev–Trinajstić information content (AvgIpc) is 2.83. The number of rotatable bonds is 5. The molecule has 0 radical (unpaired) electrons. The quantitative estimate of drug-likeness (QED) is 0.880. The second kappa shape index (κ2) is 7.04. The summed E-state index contributed by atoms with van der Waals surface area (Å²) in [4.78, 5) is 4.10. The fourth-order valence-electron chi connectivity index (χ4n) is 2.62. The first kappa shape index (κ1) is 14.5. The van der Waals surface area contributed by atoms with Crippen molar-refractivity contribution in [3.63, 3.8) is 0 Å². The summed E-state index contributed by atoms with van der Waals surface area (Å²) >= 11 is 5.41. The molecular weight excluding hydrogens is 308 g/mol. The molecule has 1 saturated heterocycles. The lowest BCUT2D eigenvalue weighted by Crippen LogP contribution is -2.38. The number of thiophene rings is 1. The molecule has 1 N–H and O–H groups in total. The van der Waals surface area contributed by atoms with Gasteiger partial charge in [0, 0.05) is 20.8 Å². The van der Waals surface area contributed by atoms with Gasteiger partial charge in [-0.25, -0.2) is 0 Å². The van der Waals surface area contributed by atoms with Crippen LogP contribution < -0.4 is 5.32 Å². The number of hydrogen-bond donors (Lipinski definition) is 1. The summed E-state index contributed by atoms with van der Waals surface area (Å²) < 4.78 is 1.22. The van der Waals surface area contributed by atoms with Crippen LogP contribution in [0.25, 0.3) is 0 Å². The molecule has 0 spiro atoms. The number of halogens is 1. The number of nitrogens with zero attached hydrogens (tertiary/aromatic N) is 1. The smallest absolute Gasteiger partial charge is 0.0413 e. The van der Waals surface area contributed by atoms with Crippen molar-refractivity contribution >= 4 is 27.3 Å². The molecule has 1 unspecified atom stereocenters. The Morgan fingerprint density at radius 2 is 2.22 bits per heavy atom. The third-order valence-corrected chi connectivity index (χ3v) is 5.74. The van der Waals surface area contributed by atoms with Crippen LogP contribution in [-0.2, 0) is 0 Å². The standard InChI is InChI=1S/C14H23BrN2S/c1-3-16-9-12-4-6-17(7-5-12)11(2)14-8-13(15)10-18-14/h8,10-12,16H,3-7,9H2,1-2H3. The van der Waals surface area contributed by atoms with Gasteiger partial charge in [0.2, 0.25) is 0 Å². The molecule has 102 valence electrons. The van der Waals surface area contributed by atoms with Crippen LogP contribution in [0.5, 0.6) is 0 Å². The Bertz CT molecular complexity index is 358. The molecule has 4 heteroatoms. The van der Waals surface area contributed by atoms with Crippen molar-refractivity contribution in [2.75, 3.05) is 26.2 Å². The topological polar surface area (TPSA) is 15.3 Å². The van der Waals surface area contributed by atoms with Gasteiger partial charge in [-0.2, -0.15) is 0 Å². The van der Waals surface area contributed by atoms with Crippen molar-refractivity contribution in [2.24, 2.45) is 5.92 Å². The SMILES string of the molecule is CCNCC1CCN(C(C)c2cc(Br)cs2)CC1. The molecular formula is C14H23BrN2S. The second-order valence-electron chi connectivity index (χ2n) is 5.13. The third-order valence-electron chi connectivity index (χ3n) is 3.88. The summed E-state index contributed by atoms with van der Waals surface area (Å²) in [5.74, 6) is 0.878. The molecule has 1 aliphatic heterocycles. The lowest BCUT2D eigenvalue weighted by atomic mass is 9.95. The van der Waals surface area contributed by atoms with Crippen LogP contribution in [0.15, 0.2) is 15.9 Å². The maximum atomic E-state index is 3.55. The summed E-state index contributed by atoms with van der Waals surface area (Å²) in [6, 6.07) is 2.83. The minimum Gasteiger partial charge on any atom is -0.317 e. The summed E-state index contributed by atoms with van der Waals surface area (Å²) in [6.07, 6.45) is 2.67. The lowest BCUT2D eigenvalue weighted by molar-refractivity contribution is 0.142. The van der Waals surface area contributed by atoms with Crippen LogP contribution in [-0.4, -0.2) is 31.1 Å². The maximum Gasteiger partial charge on any atom is 0.0413 e. The molecule has 0 saturated carbocycles. The highest BCUT2D eigenvalue weighted by Crippen LogP contribution is 2.31. The van der Waals surface area contributed by atoms with Gasteiger partial charge in [-0.05, 0) is 73.9 Å². The molecule has 1 aromatic rings. The van der Waals surface area contributed by atoms with Crippen LogP contribution in [0.3, 0.4) is 0 Å². The van der Waals surface area contributed by atoms with E-state index in [1.165, 1.54) is 41.8 Å². The number of nitrogens with one attached hydrogen (secondary N) is 1. The largest absolute Gasteiger partial charge is 0.317 e. The van der Waals surface area contributed by atoms with Crippen molar-refractivity contribution in [3.8, 4) is 0 Å². The normalized spacial score (nSPS) is 20.2. The van der Waals surface area contributed by atoms with Gasteiger partial charge in [-0.15, -0.1) is 11.3 Å². The summed E-state index contributed by atoms with van der Waals surface area (Å²) in [5.41, 5.74) is 0.